The molecule has 2 aliphatic rings. The van der Waals surface area contributed by atoms with Gasteiger partial charge in [0.1, 0.15) is 0 Å². The van der Waals surface area contributed by atoms with Crippen LogP contribution in [0.15, 0.2) is 0 Å². The van der Waals surface area contributed by atoms with Gasteiger partial charge in [-0.2, -0.15) is 0 Å². The van der Waals surface area contributed by atoms with Gasteiger partial charge in [0.05, 0.1) is 5.69 Å². The topological polar surface area (TPSA) is 71.2 Å². The van der Waals surface area contributed by atoms with Crippen LogP contribution in [0.4, 0.5) is 5.13 Å². The van der Waals surface area contributed by atoms with Gasteiger partial charge in [-0.25, -0.2) is 4.98 Å². The lowest BCUT2D eigenvalue weighted by atomic mass is 9.99. The Bertz CT molecular complexity index is 459. The molecular weight excluding hydrogens is 248 g/mol. The van der Waals surface area contributed by atoms with E-state index in [-0.39, 0.29) is 11.9 Å². The van der Waals surface area contributed by atoms with Crippen LogP contribution >= 0.6 is 11.3 Å². The third kappa shape index (κ3) is 2.22. The van der Waals surface area contributed by atoms with Gasteiger partial charge in [0, 0.05) is 37.0 Å². The fourth-order valence-corrected chi connectivity index (χ4v) is 3.73. The first-order valence-corrected chi connectivity index (χ1v) is 7.32. The van der Waals surface area contributed by atoms with E-state index in [0.29, 0.717) is 13.0 Å². The maximum Gasteiger partial charge on any atom is 0.221 e. The summed E-state index contributed by atoms with van der Waals surface area (Å²) in [4.78, 5) is 19.5. The molecule has 3 rings (SSSR count). The number of nitrogens with zero attached hydrogens (tertiary/aromatic N) is 2. The van der Waals surface area contributed by atoms with Crippen molar-refractivity contribution in [3.8, 4) is 0 Å². The average molecular weight is 266 g/mol. The van der Waals surface area contributed by atoms with Gasteiger partial charge in [-0.15, -0.1) is 0 Å². The van der Waals surface area contributed by atoms with E-state index in [4.69, 9.17) is 10.7 Å². The Morgan fingerprint density at radius 1 is 1.39 bits per heavy atom. The number of anilines is 1. The van der Waals surface area contributed by atoms with E-state index in [0.717, 1.165) is 37.5 Å². The fraction of sp³-hybridized carbons (Fsp3) is 0.667. The molecule has 1 saturated heterocycles. The first-order valence-electron chi connectivity index (χ1n) is 6.51. The molecule has 18 heavy (non-hydrogen) atoms. The van der Waals surface area contributed by atoms with Gasteiger partial charge in [0.15, 0.2) is 5.13 Å². The molecule has 1 atom stereocenters. The lowest BCUT2D eigenvalue weighted by Gasteiger charge is -2.17. The predicted molar refractivity (Wildman–Crippen MR) is 71.8 cm³/mol. The van der Waals surface area contributed by atoms with Crippen molar-refractivity contribution in [2.45, 2.75) is 31.7 Å². The minimum atomic E-state index is 0.135. The van der Waals surface area contributed by atoms with Crippen LogP contribution in [0.5, 0.6) is 0 Å². The number of hydrogen-bond donors (Lipinski definition) is 2. The van der Waals surface area contributed by atoms with Crippen LogP contribution < -0.4 is 16.0 Å². The number of nitrogens with one attached hydrogen (secondary N) is 1. The fourth-order valence-electron chi connectivity index (χ4n) is 2.53. The molecule has 3 N–H and O–H groups in total. The summed E-state index contributed by atoms with van der Waals surface area (Å²) in [7, 11) is 0. The quantitative estimate of drug-likeness (QED) is 0.789. The second-order valence-electron chi connectivity index (χ2n) is 4.89. The van der Waals surface area contributed by atoms with Crippen LogP contribution in [0, 0.1) is 0 Å². The Balaban J connectivity index is 1.81. The monoisotopic (exact) mass is 266 g/mol. The summed E-state index contributed by atoms with van der Waals surface area (Å²) in [6.07, 6.45) is 3.80. The normalized spacial score (nSPS) is 24.4. The largest absolute Gasteiger partial charge is 0.354 e. The summed E-state index contributed by atoms with van der Waals surface area (Å²) in [5, 5.41) is 3.92. The lowest BCUT2D eigenvalue weighted by Crippen LogP contribution is -2.28. The number of aromatic nitrogens is 1. The van der Waals surface area contributed by atoms with Crippen molar-refractivity contribution in [1.29, 1.82) is 0 Å². The summed E-state index contributed by atoms with van der Waals surface area (Å²) < 4.78 is 0. The molecule has 1 amide bonds. The van der Waals surface area contributed by atoms with E-state index in [9.17, 15) is 4.79 Å². The molecule has 6 heteroatoms. The highest BCUT2D eigenvalue weighted by Gasteiger charge is 2.24. The van der Waals surface area contributed by atoms with Crippen molar-refractivity contribution in [3.63, 3.8) is 0 Å². The Labute approximate surface area is 110 Å². The van der Waals surface area contributed by atoms with Crippen molar-refractivity contribution in [1.82, 2.24) is 10.3 Å². The van der Waals surface area contributed by atoms with Gasteiger partial charge in [-0.1, -0.05) is 11.3 Å². The average Bonchev–Trinajstić information content (AvgIpc) is 2.67. The van der Waals surface area contributed by atoms with Crippen molar-refractivity contribution in [2.24, 2.45) is 5.73 Å². The van der Waals surface area contributed by atoms with Gasteiger partial charge >= 0.3 is 0 Å². The smallest absolute Gasteiger partial charge is 0.221 e. The SMILES string of the molecule is NC1CCCc2nc(N3CCNC(=O)CC3)sc21. The second kappa shape index (κ2) is 4.85. The molecule has 1 unspecified atom stereocenters. The minimum absolute atomic E-state index is 0.135. The number of hydrogen-bond acceptors (Lipinski definition) is 5. The van der Waals surface area contributed by atoms with Gasteiger partial charge in [0.2, 0.25) is 5.91 Å². The van der Waals surface area contributed by atoms with E-state index >= 15 is 0 Å². The Morgan fingerprint density at radius 2 is 2.28 bits per heavy atom. The third-order valence-electron chi connectivity index (χ3n) is 3.56. The molecule has 0 saturated carbocycles. The highest BCUT2D eigenvalue weighted by Crippen LogP contribution is 2.36. The highest BCUT2D eigenvalue weighted by molar-refractivity contribution is 7.15. The molecule has 0 aromatic carbocycles. The van der Waals surface area contributed by atoms with E-state index in [1.165, 1.54) is 10.6 Å². The summed E-state index contributed by atoms with van der Waals surface area (Å²) >= 11 is 1.71. The number of carbonyl (C=O) groups is 1. The standard InChI is InChI=1S/C12H18N4OS/c13-8-2-1-3-9-11(8)18-12(15-9)16-6-4-10(17)14-5-7-16/h8H,1-7,13H2,(H,14,17). The number of rotatable bonds is 1. The zero-order valence-electron chi connectivity index (χ0n) is 10.3. The zero-order chi connectivity index (χ0) is 12.5. The van der Waals surface area contributed by atoms with Crippen molar-refractivity contribution >= 4 is 22.4 Å². The Kier molecular flexibility index (Phi) is 3.22. The van der Waals surface area contributed by atoms with Gasteiger partial charge in [-0.3, -0.25) is 4.79 Å². The van der Waals surface area contributed by atoms with Crippen LogP contribution in [0.25, 0.3) is 0 Å². The molecule has 1 aromatic heterocycles. The minimum Gasteiger partial charge on any atom is -0.354 e. The summed E-state index contributed by atoms with van der Waals surface area (Å²) in [5.74, 6) is 0.135. The molecule has 5 nitrogen and oxygen atoms in total. The molecule has 1 aromatic rings. The number of amides is 1. The molecule has 0 radical (unpaired) electrons. The molecule has 2 heterocycles. The second-order valence-corrected chi connectivity index (χ2v) is 5.90. The molecule has 98 valence electrons. The number of carbonyl (C=O) groups excluding carboxylic acids is 1. The van der Waals surface area contributed by atoms with Crippen molar-refractivity contribution < 1.29 is 4.79 Å². The highest BCUT2D eigenvalue weighted by atomic mass is 32.1. The van der Waals surface area contributed by atoms with Crippen LogP contribution in [0.3, 0.4) is 0 Å². The predicted octanol–water partition coefficient (Wildman–Crippen LogP) is 0.805. The van der Waals surface area contributed by atoms with Gasteiger partial charge < -0.3 is 16.0 Å². The summed E-state index contributed by atoms with van der Waals surface area (Å²) in [6.45, 7) is 2.30. The number of thiazole rings is 1. The molecular formula is C12H18N4OS. The number of aryl methyl sites for hydroxylation is 1. The first-order chi connectivity index (χ1) is 8.74. The van der Waals surface area contributed by atoms with Gasteiger partial charge in [-0.05, 0) is 19.3 Å². The van der Waals surface area contributed by atoms with Gasteiger partial charge in [0.25, 0.3) is 0 Å². The number of nitrogens with two attached hydrogens (primary N) is 1. The van der Waals surface area contributed by atoms with E-state index in [2.05, 4.69) is 10.2 Å². The van der Waals surface area contributed by atoms with E-state index < -0.39 is 0 Å². The van der Waals surface area contributed by atoms with Crippen molar-refractivity contribution in [3.05, 3.63) is 10.6 Å². The first kappa shape index (κ1) is 11.9. The van der Waals surface area contributed by atoms with Crippen molar-refractivity contribution in [2.75, 3.05) is 24.5 Å². The summed E-state index contributed by atoms with van der Waals surface area (Å²) in [5.41, 5.74) is 7.31. The maximum atomic E-state index is 11.3. The van der Waals surface area contributed by atoms with Crippen LogP contribution in [-0.2, 0) is 11.2 Å². The Morgan fingerprint density at radius 3 is 3.11 bits per heavy atom. The van der Waals surface area contributed by atoms with Crippen LogP contribution in [-0.4, -0.2) is 30.5 Å². The zero-order valence-corrected chi connectivity index (χ0v) is 11.1. The summed E-state index contributed by atoms with van der Waals surface area (Å²) in [6, 6.07) is 0.159. The maximum absolute atomic E-state index is 11.3. The third-order valence-corrected chi connectivity index (χ3v) is 4.86. The lowest BCUT2D eigenvalue weighted by molar-refractivity contribution is -0.120. The van der Waals surface area contributed by atoms with E-state index in [1.807, 2.05) is 0 Å². The number of fused-ring (bicyclic) bond motifs is 1. The molecule has 1 aliphatic carbocycles. The van der Waals surface area contributed by atoms with E-state index in [1.54, 1.807) is 11.3 Å². The van der Waals surface area contributed by atoms with Crippen LogP contribution in [0.2, 0.25) is 0 Å². The molecule has 1 aliphatic heterocycles. The molecule has 0 spiro atoms. The Hall–Kier alpha value is -1.14. The van der Waals surface area contributed by atoms with Crippen LogP contribution in [0.1, 0.15) is 35.9 Å². The molecule has 1 fully saturated rings. The molecule has 0 bridgehead atoms.